The summed E-state index contributed by atoms with van der Waals surface area (Å²) >= 11 is 0. The van der Waals surface area contributed by atoms with E-state index in [1.54, 1.807) is 0 Å². The number of fused-ring (bicyclic) bond motifs is 60. The molecular formula is C96H165N24O9S3V-3. The van der Waals surface area contributed by atoms with E-state index in [1.807, 2.05) is 0 Å². The van der Waals surface area contributed by atoms with Gasteiger partial charge in [0, 0.05) is 36.3 Å². The monoisotopic (exact) mass is 1950 g/mol. The van der Waals surface area contributed by atoms with E-state index in [-0.39, 0.29) is 184 Å². The van der Waals surface area contributed by atoms with Crippen molar-refractivity contribution in [1.82, 2.24) is 128 Å². The molecule has 0 aromatic rings. The first-order valence-electron chi connectivity index (χ1n) is 55.4. The SMILES string of the molecule is O=S(=O)([O-])C1CCCC2C3NC4NC(NC5NC(NC6NC(NC(N3)C21)C1CCCCC61)C1CCCCC51)C1CCCCC41.O=S(=O)([O-])C1CCCC2C3NC4NC(NC5NC(NC6NC(NC(N3)C21)C1CCCCC61)C1CCCCC51)C1CCCCC41.O=S(=O)([O-])C1CCCC2C3NC4NC(NC5NC(NC6NC(NC(N3)C21)C1CCCCC61)C1CCCCC51)C1CCCCC41.[V]. The topological polar surface area (TPSA) is 460 Å². The third kappa shape index (κ3) is 17.9. The van der Waals surface area contributed by atoms with Crippen LogP contribution >= 0.6 is 0 Å². The first kappa shape index (κ1) is 94.6. The molecule has 24 bridgehead atoms. The molecule has 27 aliphatic rings. The Morgan fingerprint density at radius 1 is 0.128 bits per heavy atom. The number of hydrogen-bond donors (Lipinski definition) is 24. The maximum Gasteiger partial charge on any atom is 0.0979 e. The van der Waals surface area contributed by atoms with Crippen molar-refractivity contribution >= 4 is 30.4 Å². The summed E-state index contributed by atoms with van der Waals surface area (Å²) in [7, 11) is -13.2. The van der Waals surface area contributed by atoms with E-state index in [4.69, 9.17) is 0 Å². The molecule has 24 N–H and O–H groups in total. The molecule has 51 unspecified atom stereocenters. The molecule has 15 saturated heterocycles. The van der Waals surface area contributed by atoms with Crippen LogP contribution in [0.4, 0.5) is 0 Å². The van der Waals surface area contributed by atoms with Gasteiger partial charge in [0.2, 0.25) is 0 Å². The van der Waals surface area contributed by atoms with Crippen LogP contribution in [-0.2, 0) is 48.9 Å². The van der Waals surface area contributed by atoms with Crippen LogP contribution in [0.15, 0.2) is 0 Å². The Kier molecular flexibility index (Phi) is 27.7. The van der Waals surface area contributed by atoms with Crippen molar-refractivity contribution in [3.63, 3.8) is 0 Å². The summed E-state index contributed by atoms with van der Waals surface area (Å²) in [5, 5.41) is 94.6. The van der Waals surface area contributed by atoms with E-state index < -0.39 is 46.1 Å². The van der Waals surface area contributed by atoms with Crippen molar-refractivity contribution in [2.75, 3.05) is 0 Å². The van der Waals surface area contributed by atoms with E-state index in [0.29, 0.717) is 144 Å². The average molecular weight is 1950 g/mol. The van der Waals surface area contributed by atoms with Crippen LogP contribution in [0.5, 0.6) is 0 Å². The smallest absolute Gasteiger partial charge is 0.0979 e. The summed E-state index contributed by atoms with van der Waals surface area (Å²) in [6.07, 6.45) is 55.5. The van der Waals surface area contributed by atoms with Gasteiger partial charge in [-0.3, -0.25) is 128 Å². The molecule has 51 atom stereocenters. The maximum atomic E-state index is 12.7. The molecule has 15 heterocycles. The molecule has 15 aliphatic heterocycles. The standard InChI is InChI=1S/3C32H56N8O3S.V/c3*41-44(42,43)23-15-7-14-22-24(23)32-39-30-21-13-6-5-12-20(21)28(37-30)35-26-17-9-2-1-8-16(17)25(33-26)34-27-18-10-3-4-11-19(18)29(36-27)38-31(22)40-32;/h3*16-40H,1-15H2,(H,41,42,43);/p-3. The molecule has 33 nitrogen and oxygen atoms in total. The zero-order chi connectivity index (χ0) is 88.7. The summed E-state index contributed by atoms with van der Waals surface area (Å²) in [5.74, 6) is 10.0. The molecule has 0 amide bonds. The second-order valence-corrected chi connectivity index (χ2v) is 53.4. The minimum absolute atomic E-state index is 0. The van der Waals surface area contributed by atoms with Gasteiger partial charge in [0.15, 0.2) is 0 Å². The van der Waals surface area contributed by atoms with E-state index >= 15 is 0 Å². The fraction of sp³-hybridized carbons (Fsp3) is 1.00. The molecule has 27 fully saturated rings. The molecule has 0 aromatic heterocycles. The van der Waals surface area contributed by atoms with E-state index in [1.165, 1.54) is 231 Å². The van der Waals surface area contributed by atoms with Crippen LogP contribution in [-0.4, -0.2) is 203 Å². The van der Waals surface area contributed by atoms with Crippen molar-refractivity contribution in [1.29, 1.82) is 0 Å². The second kappa shape index (κ2) is 39.0. The van der Waals surface area contributed by atoms with Gasteiger partial charge < -0.3 is 13.7 Å². The van der Waals surface area contributed by atoms with Crippen molar-refractivity contribution < 1.29 is 57.5 Å². The minimum Gasteiger partial charge on any atom is -0.748 e. The summed E-state index contributed by atoms with van der Waals surface area (Å²) in [6.45, 7) is 0. The van der Waals surface area contributed by atoms with Crippen LogP contribution < -0.4 is 128 Å². The Morgan fingerprint density at radius 2 is 0.218 bits per heavy atom. The van der Waals surface area contributed by atoms with Crippen molar-refractivity contribution in [2.45, 2.75) is 453 Å². The molecule has 1 radical (unpaired) electrons. The predicted octanol–water partition coefficient (Wildman–Crippen LogP) is 3.39. The molecule has 12 saturated carbocycles. The van der Waals surface area contributed by atoms with Crippen LogP contribution in [0, 0.1) is 142 Å². The summed E-state index contributed by atoms with van der Waals surface area (Å²) in [4.78, 5) is 0. The summed E-state index contributed by atoms with van der Waals surface area (Å²) < 4.78 is 114. The quantitative estimate of drug-likeness (QED) is 0.180. The third-order valence-corrected chi connectivity index (χ3v) is 46.5. The minimum atomic E-state index is -4.41. The third-order valence-electron chi connectivity index (χ3n) is 42.6. The molecule has 749 valence electrons. The van der Waals surface area contributed by atoms with Gasteiger partial charge in [-0.2, -0.15) is 0 Å². The molecule has 133 heavy (non-hydrogen) atoms. The van der Waals surface area contributed by atoms with Crippen LogP contribution in [0.25, 0.3) is 0 Å². The largest absolute Gasteiger partial charge is 0.748 e. The van der Waals surface area contributed by atoms with Crippen LogP contribution in [0.2, 0.25) is 0 Å². The fourth-order valence-corrected chi connectivity index (χ4v) is 40.6. The predicted molar refractivity (Wildman–Crippen MR) is 498 cm³/mol. The molecule has 12 aliphatic carbocycles. The Balaban J connectivity index is 0.000000109. The summed E-state index contributed by atoms with van der Waals surface area (Å²) in [5.41, 5.74) is 0. The first-order valence-corrected chi connectivity index (χ1v) is 59.8. The van der Waals surface area contributed by atoms with Crippen LogP contribution in [0.1, 0.15) is 289 Å². The van der Waals surface area contributed by atoms with Gasteiger partial charge in [0.1, 0.15) is 0 Å². The van der Waals surface area contributed by atoms with Gasteiger partial charge in [-0.25, -0.2) is 25.3 Å². The van der Waals surface area contributed by atoms with Crippen molar-refractivity contribution in [3.8, 4) is 0 Å². The van der Waals surface area contributed by atoms with E-state index in [9.17, 15) is 38.9 Å². The van der Waals surface area contributed by atoms with Gasteiger partial charge >= 0.3 is 0 Å². The van der Waals surface area contributed by atoms with Crippen molar-refractivity contribution in [3.05, 3.63) is 0 Å². The van der Waals surface area contributed by atoms with Gasteiger partial charge in [-0.05, 0) is 278 Å². The van der Waals surface area contributed by atoms with E-state index in [0.717, 1.165) is 38.5 Å². The van der Waals surface area contributed by atoms with Crippen LogP contribution in [0.3, 0.4) is 0 Å². The number of hydrogen-bond acceptors (Lipinski definition) is 33. The van der Waals surface area contributed by atoms with Gasteiger partial charge in [0.05, 0.1) is 194 Å². The number of nitrogens with one attached hydrogen (secondary N) is 24. The van der Waals surface area contributed by atoms with Gasteiger partial charge in [0.25, 0.3) is 0 Å². The van der Waals surface area contributed by atoms with Gasteiger partial charge in [-0.15, -0.1) is 0 Å². The zero-order valence-corrected chi connectivity index (χ0v) is 82.5. The zero-order valence-electron chi connectivity index (χ0n) is 78.6. The van der Waals surface area contributed by atoms with Crippen molar-refractivity contribution in [2.24, 2.45) is 142 Å². The molecule has 0 aromatic carbocycles. The van der Waals surface area contributed by atoms with Gasteiger partial charge in [-0.1, -0.05) is 135 Å². The Bertz CT molecular complexity index is 3960. The molecule has 37 heteroatoms. The molecule has 27 rings (SSSR count). The normalized spacial score (nSPS) is 55.1. The fourth-order valence-electron chi connectivity index (χ4n) is 37.0. The Morgan fingerprint density at radius 3 is 0.323 bits per heavy atom. The summed E-state index contributed by atoms with van der Waals surface area (Å²) in [6, 6.07) is 0. The molecule has 0 spiro atoms. The number of rotatable bonds is 3. The first-order chi connectivity index (χ1) is 64.3. The Labute approximate surface area is 804 Å². The maximum absolute atomic E-state index is 12.7. The average Bonchev–Trinajstić information content (AvgIpc) is 1.60. The Hall–Kier alpha value is -0.646. The second-order valence-electron chi connectivity index (χ2n) is 48.6. The molecular weight excluding hydrogens is 1780 g/mol. The van der Waals surface area contributed by atoms with E-state index in [2.05, 4.69) is 128 Å².